The van der Waals surface area contributed by atoms with Crippen LogP contribution in [0.4, 0.5) is 10.1 Å². The third kappa shape index (κ3) is 3.04. The van der Waals surface area contributed by atoms with Crippen molar-refractivity contribution in [3.8, 4) is 0 Å². The molecule has 0 saturated carbocycles. The number of aryl methyl sites for hydroxylation is 1. The number of nitrogens with one attached hydrogen (secondary N) is 2. The first-order chi connectivity index (χ1) is 13.1. The number of hydrogen-bond donors (Lipinski definition) is 2. The van der Waals surface area contributed by atoms with Crippen LogP contribution < -0.4 is 16.3 Å². The minimum Gasteiger partial charge on any atom is -0.322 e. The van der Waals surface area contributed by atoms with E-state index in [9.17, 15) is 14.0 Å². The predicted octanol–water partition coefficient (Wildman–Crippen LogP) is 2.25. The zero-order valence-corrected chi connectivity index (χ0v) is 15.1. The second-order valence-electron chi connectivity index (χ2n) is 6.64. The molecule has 0 atom stereocenters. The molecule has 4 rings (SSSR count). The summed E-state index contributed by atoms with van der Waals surface area (Å²) in [5, 5.41) is 5.82. The monoisotopic (exact) mass is 368 g/mol. The number of hydrogen-bond acceptors (Lipinski definition) is 3. The molecule has 2 N–H and O–H groups in total. The Bertz CT molecular complexity index is 1080. The second-order valence-corrected chi connectivity index (χ2v) is 6.64. The number of aromatic nitrogens is 2. The van der Waals surface area contributed by atoms with Gasteiger partial charge >= 0.3 is 5.69 Å². The van der Waals surface area contributed by atoms with E-state index in [1.54, 1.807) is 10.6 Å². The Morgan fingerprint density at radius 2 is 1.93 bits per heavy atom. The molecule has 7 heteroatoms. The minimum atomic E-state index is -0.427. The molecule has 0 spiro atoms. The Kier molecular flexibility index (Phi) is 4.53. The van der Waals surface area contributed by atoms with Gasteiger partial charge in [0.25, 0.3) is 0 Å². The Labute approximate surface area is 155 Å². The first-order valence-electron chi connectivity index (χ1n) is 9.09. The smallest absolute Gasteiger partial charge is 0.322 e. The number of carbonyl (C=O) groups is 1. The fraction of sp³-hybridized carbons (Fsp3) is 0.300. The third-order valence-electron chi connectivity index (χ3n) is 5.02. The molecule has 0 saturated heterocycles. The van der Waals surface area contributed by atoms with Gasteiger partial charge in [0.15, 0.2) is 0 Å². The fourth-order valence-corrected chi connectivity index (χ4v) is 3.69. The summed E-state index contributed by atoms with van der Waals surface area (Å²) in [4.78, 5) is 25.2. The number of amides is 1. The van der Waals surface area contributed by atoms with Crippen LogP contribution in [-0.2, 0) is 30.8 Å². The van der Waals surface area contributed by atoms with Gasteiger partial charge in [-0.25, -0.2) is 9.18 Å². The summed E-state index contributed by atoms with van der Waals surface area (Å²) in [5.74, 6) is -0.811. The molecule has 1 aromatic heterocycles. The Morgan fingerprint density at radius 3 is 2.67 bits per heavy atom. The van der Waals surface area contributed by atoms with E-state index in [1.807, 2.05) is 37.3 Å². The maximum atomic E-state index is 14.7. The van der Waals surface area contributed by atoms with Crippen molar-refractivity contribution in [3.63, 3.8) is 0 Å². The van der Waals surface area contributed by atoms with Crippen LogP contribution in [0.5, 0.6) is 0 Å². The van der Waals surface area contributed by atoms with Crippen molar-refractivity contribution < 1.29 is 9.18 Å². The Balaban J connectivity index is 1.62. The van der Waals surface area contributed by atoms with Crippen LogP contribution in [0.15, 0.2) is 41.2 Å². The van der Waals surface area contributed by atoms with Gasteiger partial charge in [-0.05, 0) is 49.2 Å². The molecule has 0 bridgehead atoms. The molecule has 0 unspecified atom stereocenters. The lowest BCUT2D eigenvalue weighted by molar-refractivity contribution is -0.116. The van der Waals surface area contributed by atoms with Gasteiger partial charge in [0.05, 0.1) is 16.7 Å². The highest BCUT2D eigenvalue weighted by atomic mass is 19.1. The van der Waals surface area contributed by atoms with Crippen LogP contribution in [0.3, 0.4) is 0 Å². The molecule has 3 aromatic rings. The summed E-state index contributed by atoms with van der Waals surface area (Å²) >= 11 is 0. The van der Waals surface area contributed by atoms with Crippen molar-refractivity contribution in [2.45, 2.75) is 33.0 Å². The molecule has 2 aromatic carbocycles. The van der Waals surface area contributed by atoms with E-state index in [0.29, 0.717) is 37.1 Å². The largest absolute Gasteiger partial charge is 0.329 e. The highest BCUT2D eigenvalue weighted by Crippen LogP contribution is 2.24. The van der Waals surface area contributed by atoms with Gasteiger partial charge in [-0.2, -0.15) is 0 Å². The normalized spacial score (nSPS) is 13.6. The molecular formula is C20H21FN4O2. The molecule has 1 amide bonds. The number of nitrogens with zero attached hydrogens (tertiary/aromatic N) is 2. The zero-order chi connectivity index (χ0) is 19.0. The number of halogens is 1. The minimum absolute atomic E-state index is 0.160. The molecular weight excluding hydrogens is 347 g/mol. The van der Waals surface area contributed by atoms with Gasteiger partial charge in [0, 0.05) is 13.1 Å². The molecule has 6 nitrogen and oxygen atoms in total. The topological polar surface area (TPSA) is 68.1 Å². The summed E-state index contributed by atoms with van der Waals surface area (Å²) in [7, 11) is 0. The molecule has 140 valence electrons. The lowest BCUT2D eigenvalue weighted by Gasteiger charge is -2.19. The lowest BCUT2D eigenvalue weighted by atomic mass is 9.99. The Morgan fingerprint density at radius 1 is 1.19 bits per heavy atom. The number of carbonyl (C=O) groups excluding carboxylic acids is 1. The zero-order valence-electron chi connectivity index (χ0n) is 15.1. The number of imidazole rings is 1. The van der Waals surface area contributed by atoms with E-state index in [0.717, 1.165) is 11.1 Å². The van der Waals surface area contributed by atoms with Crippen LogP contribution in [0.2, 0.25) is 0 Å². The SMILES string of the molecule is CCn1c(=O)n(CC(=O)Nc2ccc3c(c2F)CCNC3)c2ccccc21. The van der Waals surface area contributed by atoms with Crippen LogP contribution in [0.25, 0.3) is 11.0 Å². The van der Waals surface area contributed by atoms with E-state index in [4.69, 9.17) is 0 Å². The predicted molar refractivity (Wildman–Crippen MR) is 102 cm³/mol. The van der Waals surface area contributed by atoms with Gasteiger partial charge in [-0.1, -0.05) is 18.2 Å². The van der Waals surface area contributed by atoms with Crippen molar-refractivity contribution >= 4 is 22.6 Å². The van der Waals surface area contributed by atoms with Crippen LogP contribution in [0.1, 0.15) is 18.1 Å². The number of benzene rings is 2. The molecule has 27 heavy (non-hydrogen) atoms. The second kappa shape index (κ2) is 7.00. The van der Waals surface area contributed by atoms with Crippen molar-refractivity contribution in [2.75, 3.05) is 11.9 Å². The summed E-state index contributed by atoms with van der Waals surface area (Å²) in [6.07, 6.45) is 0.592. The van der Waals surface area contributed by atoms with Gasteiger partial charge < -0.3 is 10.6 Å². The fourth-order valence-electron chi connectivity index (χ4n) is 3.69. The Hall–Kier alpha value is -2.93. The average Bonchev–Trinajstić information content (AvgIpc) is 2.95. The number of para-hydroxylation sites is 2. The van der Waals surface area contributed by atoms with E-state index >= 15 is 0 Å². The summed E-state index contributed by atoms with van der Waals surface area (Å²) in [6.45, 7) is 3.58. The highest BCUT2D eigenvalue weighted by Gasteiger charge is 2.19. The number of fused-ring (bicyclic) bond motifs is 2. The van der Waals surface area contributed by atoms with E-state index in [2.05, 4.69) is 10.6 Å². The van der Waals surface area contributed by atoms with Crippen molar-refractivity contribution in [1.82, 2.24) is 14.5 Å². The van der Waals surface area contributed by atoms with Gasteiger partial charge in [0.2, 0.25) is 5.91 Å². The standard InChI is InChI=1S/C20H21FN4O2/c1-2-24-16-5-3-4-6-17(16)25(20(24)27)12-18(26)23-15-8-7-13-11-22-10-9-14(13)19(15)21/h3-8,22H,2,9-12H2,1H3,(H,23,26). The molecule has 0 fully saturated rings. The number of rotatable bonds is 4. The number of anilines is 1. The van der Waals surface area contributed by atoms with Crippen molar-refractivity contribution in [3.05, 3.63) is 63.8 Å². The third-order valence-corrected chi connectivity index (χ3v) is 5.02. The maximum Gasteiger partial charge on any atom is 0.329 e. The van der Waals surface area contributed by atoms with E-state index in [-0.39, 0.29) is 23.7 Å². The maximum absolute atomic E-state index is 14.7. The van der Waals surface area contributed by atoms with Crippen LogP contribution in [0, 0.1) is 5.82 Å². The molecule has 0 aliphatic carbocycles. The van der Waals surface area contributed by atoms with Crippen LogP contribution >= 0.6 is 0 Å². The van der Waals surface area contributed by atoms with E-state index < -0.39 is 5.91 Å². The van der Waals surface area contributed by atoms with Gasteiger partial charge in [-0.3, -0.25) is 13.9 Å². The van der Waals surface area contributed by atoms with Gasteiger partial charge in [0.1, 0.15) is 12.4 Å². The first kappa shape index (κ1) is 17.5. The van der Waals surface area contributed by atoms with Crippen molar-refractivity contribution in [2.24, 2.45) is 0 Å². The highest BCUT2D eigenvalue weighted by molar-refractivity contribution is 5.92. The van der Waals surface area contributed by atoms with E-state index in [1.165, 1.54) is 4.57 Å². The first-order valence-corrected chi connectivity index (χ1v) is 9.09. The average molecular weight is 368 g/mol. The van der Waals surface area contributed by atoms with Gasteiger partial charge in [-0.15, -0.1) is 0 Å². The summed E-state index contributed by atoms with van der Waals surface area (Å²) in [6, 6.07) is 10.8. The van der Waals surface area contributed by atoms with Crippen molar-refractivity contribution in [1.29, 1.82) is 0 Å². The summed E-state index contributed by atoms with van der Waals surface area (Å²) in [5.41, 5.74) is 2.95. The summed E-state index contributed by atoms with van der Waals surface area (Å²) < 4.78 is 17.8. The molecule has 1 aliphatic heterocycles. The molecule has 1 aliphatic rings. The molecule has 2 heterocycles. The lowest BCUT2D eigenvalue weighted by Crippen LogP contribution is -2.30. The van der Waals surface area contributed by atoms with Crippen LogP contribution in [-0.4, -0.2) is 21.6 Å². The quantitative estimate of drug-likeness (QED) is 0.742. The molecule has 0 radical (unpaired) electrons.